The van der Waals surface area contributed by atoms with E-state index in [0.717, 1.165) is 24.0 Å². The van der Waals surface area contributed by atoms with E-state index in [-0.39, 0.29) is 5.91 Å². The predicted molar refractivity (Wildman–Crippen MR) is 100 cm³/mol. The molecule has 6 heteroatoms. The highest BCUT2D eigenvalue weighted by atomic mass is 35.5. The van der Waals surface area contributed by atoms with E-state index in [1.54, 1.807) is 18.2 Å². The molecule has 0 spiro atoms. The lowest BCUT2D eigenvalue weighted by Crippen LogP contribution is -2.12. The van der Waals surface area contributed by atoms with Crippen LogP contribution in [-0.4, -0.2) is 16.0 Å². The quantitative estimate of drug-likeness (QED) is 0.686. The van der Waals surface area contributed by atoms with Crippen molar-refractivity contribution < 1.29 is 9.32 Å². The number of nitrogens with zero attached hydrogens (tertiary/aromatic N) is 2. The maximum absolute atomic E-state index is 12.5. The molecule has 132 valence electrons. The topological polar surface area (TPSA) is 68.0 Å². The van der Waals surface area contributed by atoms with Crippen molar-refractivity contribution in [2.45, 2.75) is 32.1 Å². The van der Waals surface area contributed by atoms with Crippen LogP contribution in [0.5, 0.6) is 0 Å². The Morgan fingerprint density at radius 2 is 2.08 bits per heavy atom. The van der Waals surface area contributed by atoms with Crippen LogP contribution in [0.15, 0.2) is 47.0 Å². The smallest absolute Gasteiger partial charge is 0.255 e. The molecule has 3 aromatic rings. The Morgan fingerprint density at radius 3 is 2.81 bits per heavy atom. The van der Waals surface area contributed by atoms with Crippen molar-refractivity contribution in [2.24, 2.45) is 0 Å². The van der Waals surface area contributed by atoms with Gasteiger partial charge in [0, 0.05) is 27.8 Å². The summed E-state index contributed by atoms with van der Waals surface area (Å²) in [6.07, 6.45) is 3.41. The monoisotopic (exact) mass is 367 g/mol. The molecule has 1 heterocycles. The normalized spacial score (nSPS) is 14.1. The van der Waals surface area contributed by atoms with Crippen molar-refractivity contribution in [1.82, 2.24) is 10.1 Å². The molecule has 5 nitrogen and oxygen atoms in total. The number of nitrogens with one attached hydrogen (secondary N) is 1. The van der Waals surface area contributed by atoms with E-state index in [4.69, 9.17) is 16.1 Å². The lowest BCUT2D eigenvalue weighted by molar-refractivity contribution is 0.102. The van der Waals surface area contributed by atoms with E-state index >= 15 is 0 Å². The third-order valence-corrected chi connectivity index (χ3v) is 5.12. The lowest BCUT2D eigenvalue weighted by Gasteiger charge is -2.20. The molecule has 4 rings (SSSR count). The van der Waals surface area contributed by atoms with Gasteiger partial charge in [-0.05, 0) is 49.6 Å². The highest BCUT2D eigenvalue weighted by molar-refractivity contribution is 6.31. The van der Waals surface area contributed by atoms with Crippen LogP contribution in [-0.2, 0) is 0 Å². The summed E-state index contributed by atoms with van der Waals surface area (Å²) in [5.41, 5.74) is 2.90. The molecule has 0 atom stereocenters. The van der Waals surface area contributed by atoms with Crippen LogP contribution in [0, 0.1) is 6.92 Å². The average Bonchev–Trinajstić information content (AvgIpc) is 3.06. The van der Waals surface area contributed by atoms with Gasteiger partial charge >= 0.3 is 0 Å². The first-order valence-corrected chi connectivity index (χ1v) is 8.99. The molecule has 1 amide bonds. The zero-order chi connectivity index (χ0) is 18.1. The predicted octanol–water partition coefficient (Wildman–Crippen LogP) is 5.22. The number of amides is 1. The first kappa shape index (κ1) is 16.8. The summed E-state index contributed by atoms with van der Waals surface area (Å²) in [5.74, 6) is 1.37. The number of carbonyl (C=O) groups excluding carboxylic acids is 1. The van der Waals surface area contributed by atoms with Crippen LogP contribution in [0.2, 0.25) is 5.02 Å². The molecule has 1 fully saturated rings. The van der Waals surface area contributed by atoms with Crippen LogP contribution in [0.25, 0.3) is 11.4 Å². The fraction of sp³-hybridized carbons (Fsp3) is 0.250. The summed E-state index contributed by atoms with van der Waals surface area (Å²) in [6.45, 7) is 1.92. The zero-order valence-electron chi connectivity index (χ0n) is 14.3. The molecule has 1 saturated carbocycles. The molecule has 26 heavy (non-hydrogen) atoms. The van der Waals surface area contributed by atoms with Gasteiger partial charge in [-0.15, -0.1) is 0 Å². The molecule has 1 N–H and O–H groups in total. The number of carbonyl (C=O) groups is 1. The maximum Gasteiger partial charge on any atom is 0.255 e. The van der Waals surface area contributed by atoms with Crippen molar-refractivity contribution in [1.29, 1.82) is 0 Å². The van der Waals surface area contributed by atoms with Gasteiger partial charge in [0.15, 0.2) is 0 Å². The Kier molecular flexibility index (Phi) is 4.47. The standard InChI is InChI=1S/C20H18ClN3O2/c1-12-8-9-16(11-17(12)21)22-19(25)15-7-3-6-14(10-15)18-23-20(26-24-18)13-4-2-5-13/h3,6-11,13H,2,4-5H2,1H3,(H,22,25). The number of hydrogen-bond acceptors (Lipinski definition) is 4. The Hall–Kier alpha value is -2.66. The number of rotatable bonds is 4. The molecule has 1 aliphatic carbocycles. The van der Waals surface area contributed by atoms with Crippen LogP contribution < -0.4 is 5.32 Å². The maximum atomic E-state index is 12.5. The number of halogens is 1. The SMILES string of the molecule is Cc1ccc(NC(=O)c2cccc(-c3noc(C4CCC4)n3)c2)cc1Cl. The Morgan fingerprint density at radius 1 is 1.23 bits per heavy atom. The van der Waals surface area contributed by atoms with Crippen LogP contribution in [0.1, 0.15) is 47.0 Å². The van der Waals surface area contributed by atoms with Gasteiger partial charge in [0.2, 0.25) is 11.7 Å². The molecule has 0 unspecified atom stereocenters. The van der Waals surface area contributed by atoms with E-state index in [2.05, 4.69) is 15.5 Å². The highest BCUT2D eigenvalue weighted by Crippen LogP contribution is 2.36. The van der Waals surface area contributed by atoms with Crippen molar-refractivity contribution in [3.05, 3.63) is 64.5 Å². The van der Waals surface area contributed by atoms with Gasteiger partial charge in [0.25, 0.3) is 5.91 Å². The number of aryl methyl sites for hydroxylation is 1. The summed E-state index contributed by atoms with van der Waals surface area (Å²) < 4.78 is 5.37. The van der Waals surface area contributed by atoms with E-state index in [1.165, 1.54) is 6.42 Å². The van der Waals surface area contributed by atoms with Gasteiger partial charge in [-0.1, -0.05) is 41.4 Å². The largest absolute Gasteiger partial charge is 0.339 e. The van der Waals surface area contributed by atoms with Crippen LogP contribution in [0.3, 0.4) is 0 Å². The summed E-state index contributed by atoms with van der Waals surface area (Å²) >= 11 is 6.11. The minimum atomic E-state index is -0.213. The Bertz CT molecular complexity index is 963. The third kappa shape index (κ3) is 3.35. The lowest BCUT2D eigenvalue weighted by atomic mass is 9.85. The van der Waals surface area contributed by atoms with Gasteiger partial charge in [-0.3, -0.25) is 4.79 Å². The number of anilines is 1. The number of hydrogen-bond donors (Lipinski definition) is 1. The van der Waals surface area contributed by atoms with Crippen LogP contribution in [0.4, 0.5) is 5.69 Å². The molecule has 1 aliphatic rings. The van der Waals surface area contributed by atoms with E-state index in [0.29, 0.717) is 33.9 Å². The zero-order valence-corrected chi connectivity index (χ0v) is 15.1. The second kappa shape index (κ2) is 6.92. The van der Waals surface area contributed by atoms with Crippen molar-refractivity contribution >= 4 is 23.2 Å². The molecule has 0 aliphatic heterocycles. The fourth-order valence-electron chi connectivity index (χ4n) is 2.85. The van der Waals surface area contributed by atoms with Gasteiger partial charge in [-0.25, -0.2) is 0 Å². The van der Waals surface area contributed by atoms with Crippen molar-refractivity contribution in [3.8, 4) is 11.4 Å². The Balaban J connectivity index is 1.53. The molecule has 0 bridgehead atoms. The summed E-state index contributed by atoms with van der Waals surface area (Å²) in [7, 11) is 0. The molecular weight excluding hydrogens is 350 g/mol. The average molecular weight is 368 g/mol. The number of benzene rings is 2. The third-order valence-electron chi connectivity index (χ3n) is 4.71. The van der Waals surface area contributed by atoms with E-state index < -0.39 is 0 Å². The molecular formula is C20H18ClN3O2. The molecule has 2 aromatic carbocycles. The fourth-order valence-corrected chi connectivity index (χ4v) is 3.03. The van der Waals surface area contributed by atoms with Gasteiger partial charge < -0.3 is 9.84 Å². The summed E-state index contributed by atoms with van der Waals surface area (Å²) in [6, 6.07) is 12.6. The molecule has 1 aromatic heterocycles. The van der Waals surface area contributed by atoms with Gasteiger partial charge in [-0.2, -0.15) is 4.98 Å². The van der Waals surface area contributed by atoms with Crippen molar-refractivity contribution in [2.75, 3.05) is 5.32 Å². The van der Waals surface area contributed by atoms with E-state index in [9.17, 15) is 4.79 Å². The van der Waals surface area contributed by atoms with Crippen molar-refractivity contribution in [3.63, 3.8) is 0 Å². The van der Waals surface area contributed by atoms with E-state index in [1.807, 2.05) is 31.2 Å². The van der Waals surface area contributed by atoms with Gasteiger partial charge in [0.1, 0.15) is 0 Å². The summed E-state index contributed by atoms with van der Waals surface area (Å²) in [5, 5.41) is 7.54. The van der Waals surface area contributed by atoms with Gasteiger partial charge in [0.05, 0.1) is 0 Å². The second-order valence-corrected chi connectivity index (χ2v) is 6.99. The summed E-state index contributed by atoms with van der Waals surface area (Å²) in [4.78, 5) is 17.0. The Labute approximate surface area is 156 Å². The second-order valence-electron chi connectivity index (χ2n) is 6.58. The highest BCUT2D eigenvalue weighted by Gasteiger charge is 2.25. The molecule has 0 radical (unpaired) electrons. The number of aromatic nitrogens is 2. The first-order chi connectivity index (χ1) is 12.6. The first-order valence-electron chi connectivity index (χ1n) is 8.62. The minimum Gasteiger partial charge on any atom is -0.339 e. The van der Waals surface area contributed by atoms with Crippen LogP contribution >= 0.6 is 11.6 Å². The minimum absolute atomic E-state index is 0.213. The molecule has 0 saturated heterocycles.